The highest BCUT2D eigenvalue weighted by Crippen LogP contribution is 2.44. The first kappa shape index (κ1) is 19.6. The second-order valence-corrected chi connectivity index (χ2v) is 9.57. The number of anilines is 2. The van der Waals surface area contributed by atoms with E-state index < -0.39 is 0 Å². The van der Waals surface area contributed by atoms with Crippen molar-refractivity contribution in [3.63, 3.8) is 0 Å². The largest absolute Gasteiger partial charge is 0.322 e. The Balaban J connectivity index is 1.96. The Bertz CT molecular complexity index is 877. The minimum atomic E-state index is -0.147. The summed E-state index contributed by atoms with van der Waals surface area (Å²) in [5.74, 6) is 0.298. The molecule has 0 radical (unpaired) electrons. The molecule has 1 aliphatic rings. The highest BCUT2D eigenvalue weighted by atomic mass is 32.1. The summed E-state index contributed by atoms with van der Waals surface area (Å²) in [5.41, 5.74) is 3.80. The van der Waals surface area contributed by atoms with Crippen molar-refractivity contribution in [2.45, 2.75) is 53.9 Å². The Hall–Kier alpha value is -2.14. The van der Waals surface area contributed by atoms with Crippen molar-refractivity contribution in [3.8, 4) is 0 Å². The van der Waals surface area contributed by atoms with Gasteiger partial charge in [0.05, 0.1) is 5.56 Å². The minimum Gasteiger partial charge on any atom is -0.322 e. The molecule has 2 aromatic rings. The van der Waals surface area contributed by atoms with Gasteiger partial charge in [-0.05, 0) is 54.7 Å². The Morgan fingerprint density at radius 2 is 1.85 bits per heavy atom. The summed E-state index contributed by atoms with van der Waals surface area (Å²) in [7, 11) is 0. The minimum absolute atomic E-state index is 0.139. The molecular weight excluding hydrogens is 356 g/mol. The standard InChI is InChI=1S/C22H28N2O2S/c1-13-8-6-7-9-17(13)24-20(26)19-16-11-10-15(22(3,4)5)12-18(16)27-21(19)23-14(2)25/h6-9,15H,10-12H2,1-5H3,(H,23,25)(H,24,26). The van der Waals surface area contributed by atoms with Gasteiger partial charge < -0.3 is 10.6 Å². The van der Waals surface area contributed by atoms with Crippen LogP contribution in [0.3, 0.4) is 0 Å². The van der Waals surface area contributed by atoms with Crippen LogP contribution in [-0.2, 0) is 17.6 Å². The van der Waals surface area contributed by atoms with Gasteiger partial charge >= 0.3 is 0 Å². The number of fused-ring (bicyclic) bond motifs is 1. The molecule has 0 fully saturated rings. The number of benzene rings is 1. The lowest BCUT2D eigenvalue weighted by Gasteiger charge is -2.33. The molecule has 0 bridgehead atoms. The number of carbonyl (C=O) groups is 2. The summed E-state index contributed by atoms with van der Waals surface area (Å²) in [6.45, 7) is 10.3. The fourth-order valence-electron chi connectivity index (χ4n) is 3.71. The number of amides is 2. The zero-order chi connectivity index (χ0) is 19.8. The lowest BCUT2D eigenvalue weighted by Crippen LogP contribution is -2.27. The fraction of sp³-hybridized carbons (Fsp3) is 0.455. The summed E-state index contributed by atoms with van der Waals surface area (Å²) < 4.78 is 0. The third kappa shape index (κ3) is 4.24. The molecule has 1 unspecified atom stereocenters. The summed E-state index contributed by atoms with van der Waals surface area (Å²) in [4.78, 5) is 26.1. The Morgan fingerprint density at radius 3 is 2.48 bits per heavy atom. The first-order chi connectivity index (χ1) is 12.7. The predicted octanol–water partition coefficient (Wildman–Crippen LogP) is 5.42. The van der Waals surface area contributed by atoms with Crippen molar-refractivity contribution in [1.82, 2.24) is 0 Å². The first-order valence-electron chi connectivity index (χ1n) is 9.46. The second-order valence-electron chi connectivity index (χ2n) is 8.46. The molecule has 1 atom stereocenters. The van der Waals surface area contributed by atoms with Crippen LogP contribution in [0.15, 0.2) is 24.3 Å². The zero-order valence-electron chi connectivity index (χ0n) is 16.7. The van der Waals surface area contributed by atoms with Crippen LogP contribution in [0.4, 0.5) is 10.7 Å². The number of para-hydroxylation sites is 1. The van der Waals surface area contributed by atoms with Crippen LogP contribution in [0.5, 0.6) is 0 Å². The molecule has 0 spiro atoms. The van der Waals surface area contributed by atoms with Crippen molar-refractivity contribution < 1.29 is 9.59 Å². The first-order valence-corrected chi connectivity index (χ1v) is 10.3. The monoisotopic (exact) mass is 384 g/mol. The van der Waals surface area contributed by atoms with Crippen LogP contribution in [0.25, 0.3) is 0 Å². The maximum atomic E-state index is 13.1. The van der Waals surface area contributed by atoms with E-state index in [-0.39, 0.29) is 17.2 Å². The smallest absolute Gasteiger partial charge is 0.258 e. The third-order valence-corrected chi connectivity index (χ3v) is 6.57. The van der Waals surface area contributed by atoms with Crippen molar-refractivity contribution >= 4 is 33.8 Å². The Labute approximate surface area is 165 Å². The number of carbonyl (C=O) groups excluding carboxylic acids is 2. The zero-order valence-corrected chi connectivity index (χ0v) is 17.5. The molecule has 3 rings (SSSR count). The van der Waals surface area contributed by atoms with Gasteiger partial charge in [0.2, 0.25) is 5.91 Å². The highest BCUT2D eigenvalue weighted by Gasteiger charge is 2.34. The van der Waals surface area contributed by atoms with Crippen LogP contribution < -0.4 is 10.6 Å². The van der Waals surface area contributed by atoms with E-state index >= 15 is 0 Å². The predicted molar refractivity (Wildman–Crippen MR) is 113 cm³/mol. The third-order valence-electron chi connectivity index (χ3n) is 5.40. The van der Waals surface area contributed by atoms with E-state index in [0.29, 0.717) is 16.5 Å². The normalized spacial score (nSPS) is 16.6. The maximum absolute atomic E-state index is 13.1. The number of rotatable bonds is 3. The molecule has 0 saturated heterocycles. The average Bonchev–Trinajstić information content (AvgIpc) is 2.92. The van der Waals surface area contributed by atoms with Gasteiger partial charge in [-0.2, -0.15) is 0 Å². The van der Waals surface area contributed by atoms with Crippen LogP contribution in [-0.4, -0.2) is 11.8 Å². The van der Waals surface area contributed by atoms with Gasteiger partial charge in [-0.3, -0.25) is 9.59 Å². The topological polar surface area (TPSA) is 58.2 Å². The number of nitrogens with one attached hydrogen (secondary N) is 2. The summed E-state index contributed by atoms with van der Waals surface area (Å²) >= 11 is 1.56. The molecular formula is C22H28N2O2S. The molecule has 2 N–H and O–H groups in total. The summed E-state index contributed by atoms with van der Waals surface area (Å²) in [5, 5.41) is 6.59. The Kier molecular flexibility index (Phi) is 5.43. The van der Waals surface area contributed by atoms with Crippen LogP contribution >= 0.6 is 11.3 Å². The van der Waals surface area contributed by atoms with E-state index in [1.54, 1.807) is 11.3 Å². The van der Waals surface area contributed by atoms with E-state index in [0.717, 1.165) is 36.1 Å². The number of hydrogen-bond donors (Lipinski definition) is 2. The fourth-order valence-corrected chi connectivity index (χ4v) is 5.08. The van der Waals surface area contributed by atoms with Gasteiger partial charge in [-0.1, -0.05) is 39.0 Å². The number of hydrogen-bond acceptors (Lipinski definition) is 3. The van der Waals surface area contributed by atoms with Crippen molar-refractivity contribution in [1.29, 1.82) is 0 Å². The molecule has 2 amide bonds. The van der Waals surface area contributed by atoms with Gasteiger partial charge in [0, 0.05) is 17.5 Å². The van der Waals surface area contributed by atoms with Crippen LogP contribution in [0, 0.1) is 18.3 Å². The van der Waals surface area contributed by atoms with Gasteiger partial charge in [-0.25, -0.2) is 0 Å². The van der Waals surface area contributed by atoms with Crippen molar-refractivity contribution in [2.75, 3.05) is 10.6 Å². The van der Waals surface area contributed by atoms with E-state index in [1.165, 1.54) is 11.8 Å². The molecule has 4 nitrogen and oxygen atoms in total. The van der Waals surface area contributed by atoms with E-state index in [9.17, 15) is 9.59 Å². The van der Waals surface area contributed by atoms with Gasteiger partial charge in [0.15, 0.2) is 0 Å². The van der Waals surface area contributed by atoms with E-state index in [4.69, 9.17) is 0 Å². The number of aryl methyl sites for hydroxylation is 1. The van der Waals surface area contributed by atoms with Gasteiger partial charge in [0.25, 0.3) is 5.91 Å². The molecule has 1 aromatic carbocycles. The summed E-state index contributed by atoms with van der Waals surface area (Å²) in [6, 6.07) is 7.74. The Morgan fingerprint density at radius 1 is 1.15 bits per heavy atom. The van der Waals surface area contributed by atoms with E-state index in [2.05, 4.69) is 31.4 Å². The number of thiophene rings is 1. The van der Waals surface area contributed by atoms with Crippen molar-refractivity contribution in [3.05, 3.63) is 45.8 Å². The summed E-state index contributed by atoms with van der Waals surface area (Å²) in [6.07, 6.45) is 2.91. The lowest BCUT2D eigenvalue weighted by molar-refractivity contribution is -0.114. The lowest BCUT2D eigenvalue weighted by atomic mass is 9.72. The molecule has 1 aliphatic carbocycles. The SMILES string of the molecule is CC(=O)Nc1sc2c(c1C(=O)Nc1ccccc1C)CCC(C(C)(C)C)C2. The molecule has 0 saturated carbocycles. The molecule has 5 heteroatoms. The molecule has 0 aliphatic heterocycles. The van der Waals surface area contributed by atoms with Gasteiger partial charge in [0.1, 0.15) is 5.00 Å². The van der Waals surface area contributed by atoms with Gasteiger partial charge in [-0.15, -0.1) is 11.3 Å². The highest BCUT2D eigenvalue weighted by molar-refractivity contribution is 7.17. The average molecular weight is 385 g/mol. The molecule has 1 heterocycles. The molecule has 144 valence electrons. The molecule has 1 aromatic heterocycles. The van der Waals surface area contributed by atoms with Crippen LogP contribution in [0.1, 0.15) is 60.5 Å². The maximum Gasteiger partial charge on any atom is 0.258 e. The van der Waals surface area contributed by atoms with Crippen molar-refractivity contribution in [2.24, 2.45) is 11.3 Å². The second kappa shape index (κ2) is 7.47. The van der Waals surface area contributed by atoms with Crippen LogP contribution in [0.2, 0.25) is 0 Å². The quantitative estimate of drug-likeness (QED) is 0.742. The van der Waals surface area contributed by atoms with E-state index in [1.807, 2.05) is 31.2 Å². The molecule has 27 heavy (non-hydrogen) atoms.